The van der Waals surface area contributed by atoms with Crippen LogP contribution in [0.2, 0.25) is 0 Å². The Hall–Kier alpha value is -2.14. The number of carbonyl (C=O) groups is 1. The maximum Gasteiger partial charge on any atom is 0.224 e. The first kappa shape index (κ1) is 19.6. The Balaban J connectivity index is 1.72. The van der Waals surface area contributed by atoms with Crippen molar-refractivity contribution >= 4 is 5.91 Å². The number of likely N-dealkylation sites (tertiary alicyclic amines) is 1. The Morgan fingerprint density at radius 2 is 2.15 bits per heavy atom. The minimum Gasteiger partial charge on any atom is -0.467 e. The van der Waals surface area contributed by atoms with Gasteiger partial charge in [0, 0.05) is 19.6 Å². The maximum atomic E-state index is 13.7. The second kappa shape index (κ2) is 8.70. The minimum atomic E-state index is -0.179. The van der Waals surface area contributed by atoms with Gasteiger partial charge in [-0.3, -0.25) is 4.79 Å². The van der Waals surface area contributed by atoms with Crippen molar-refractivity contribution in [1.29, 1.82) is 0 Å². The van der Waals surface area contributed by atoms with E-state index in [4.69, 9.17) is 4.42 Å². The van der Waals surface area contributed by atoms with Gasteiger partial charge in [-0.2, -0.15) is 0 Å². The van der Waals surface area contributed by atoms with Crippen molar-refractivity contribution in [3.8, 4) is 0 Å². The molecule has 1 aromatic heterocycles. The number of piperidine rings is 1. The maximum absolute atomic E-state index is 13.7. The van der Waals surface area contributed by atoms with Gasteiger partial charge in [0.25, 0.3) is 0 Å². The summed E-state index contributed by atoms with van der Waals surface area (Å²) in [6.07, 6.45) is 2.39. The highest BCUT2D eigenvalue weighted by Gasteiger charge is 2.32. The number of hydrogen-bond donors (Lipinski definition) is 1. The molecule has 2 unspecified atom stereocenters. The molecule has 0 radical (unpaired) electrons. The fourth-order valence-electron chi connectivity index (χ4n) is 3.94. The number of aryl methyl sites for hydroxylation is 1. The molecule has 0 saturated carbocycles. The molecule has 1 aromatic carbocycles. The van der Waals surface area contributed by atoms with E-state index in [0.717, 1.165) is 37.4 Å². The molecule has 1 aliphatic heterocycles. The third kappa shape index (κ3) is 5.19. The molecule has 2 heterocycles. The number of carbonyl (C=O) groups excluding carboxylic acids is 1. The first-order valence-electron chi connectivity index (χ1n) is 9.71. The van der Waals surface area contributed by atoms with Crippen LogP contribution >= 0.6 is 0 Å². The number of halogens is 1. The molecule has 3 rings (SSSR count). The van der Waals surface area contributed by atoms with Crippen molar-refractivity contribution in [1.82, 2.24) is 10.2 Å². The second-order valence-electron chi connectivity index (χ2n) is 8.05. The normalized spacial score (nSPS) is 20.8. The minimum absolute atomic E-state index is 0.0590. The van der Waals surface area contributed by atoms with Crippen LogP contribution in [0.25, 0.3) is 0 Å². The quantitative estimate of drug-likeness (QED) is 0.830. The van der Waals surface area contributed by atoms with E-state index in [1.54, 1.807) is 13.2 Å². The standard InChI is InChI=1S/C22H29FN2O2/c1-15(2)12-25-13-18(17-6-7-21(23)16(3)9-17)10-19(14-25)22(26)24-11-20-5-4-8-27-20/h4-9,15,18-19H,10-14H2,1-3H3,(H,24,26). The van der Waals surface area contributed by atoms with Crippen molar-refractivity contribution in [2.75, 3.05) is 19.6 Å². The molecule has 1 fully saturated rings. The summed E-state index contributed by atoms with van der Waals surface area (Å²) in [7, 11) is 0. The van der Waals surface area contributed by atoms with E-state index in [9.17, 15) is 9.18 Å². The largest absolute Gasteiger partial charge is 0.467 e. The summed E-state index contributed by atoms with van der Waals surface area (Å²) in [6, 6.07) is 9.01. The van der Waals surface area contributed by atoms with Crippen molar-refractivity contribution < 1.29 is 13.6 Å². The fourth-order valence-corrected chi connectivity index (χ4v) is 3.94. The van der Waals surface area contributed by atoms with Crippen LogP contribution < -0.4 is 5.32 Å². The van der Waals surface area contributed by atoms with Crippen LogP contribution in [0.3, 0.4) is 0 Å². The van der Waals surface area contributed by atoms with E-state index in [1.807, 2.05) is 24.3 Å². The molecule has 1 N–H and O–H groups in total. The molecule has 1 amide bonds. The Bertz CT molecular complexity index is 758. The third-order valence-electron chi connectivity index (χ3n) is 5.19. The molecule has 1 saturated heterocycles. The summed E-state index contributed by atoms with van der Waals surface area (Å²) in [6.45, 7) is 9.21. The second-order valence-corrected chi connectivity index (χ2v) is 8.05. The lowest BCUT2D eigenvalue weighted by atomic mass is 9.83. The zero-order chi connectivity index (χ0) is 19.4. The SMILES string of the molecule is Cc1cc(C2CC(C(=O)NCc3ccco3)CN(CC(C)C)C2)ccc1F. The lowest BCUT2D eigenvalue weighted by Crippen LogP contribution is -2.46. The third-order valence-corrected chi connectivity index (χ3v) is 5.19. The van der Waals surface area contributed by atoms with Gasteiger partial charge in [-0.1, -0.05) is 26.0 Å². The van der Waals surface area contributed by atoms with Gasteiger partial charge >= 0.3 is 0 Å². The molecule has 0 aliphatic carbocycles. The van der Waals surface area contributed by atoms with Crippen molar-refractivity contribution in [2.24, 2.45) is 11.8 Å². The summed E-state index contributed by atoms with van der Waals surface area (Å²) in [5, 5.41) is 3.00. The van der Waals surface area contributed by atoms with Gasteiger partial charge in [0.1, 0.15) is 11.6 Å². The zero-order valence-electron chi connectivity index (χ0n) is 16.4. The van der Waals surface area contributed by atoms with E-state index >= 15 is 0 Å². The molecule has 2 aromatic rings. The van der Waals surface area contributed by atoms with E-state index in [2.05, 4.69) is 24.1 Å². The van der Waals surface area contributed by atoms with Crippen LogP contribution in [-0.2, 0) is 11.3 Å². The van der Waals surface area contributed by atoms with Gasteiger partial charge in [0.05, 0.1) is 18.7 Å². The van der Waals surface area contributed by atoms with Crippen molar-refractivity contribution in [3.05, 3.63) is 59.3 Å². The highest BCUT2D eigenvalue weighted by Crippen LogP contribution is 2.31. The van der Waals surface area contributed by atoms with Crippen LogP contribution in [0, 0.1) is 24.6 Å². The van der Waals surface area contributed by atoms with Crippen LogP contribution in [0.4, 0.5) is 4.39 Å². The van der Waals surface area contributed by atoms with Crippen molar-refractivity contribution in [3.63, 3.8) is 0 Å². The van der Waals surface area contributed by atoms with E-state index < -0.39 is 0 Å². The molecular weight excluding hydrogens is 343 g/mol. The molecule has 0 bridgehead atoms. The summed E-state index contributed by atoms with van der Waals surface area (Å²) < 4.78 is 19.0. The molecule has 0 spiro atoms. The predicted octanol–water partition coefficient (Wildman–Crippen LogP) is 4.11. The topological polar surface area (TPSA) is 45.5 Å². The van der Waals surface area contributed by atoms with Crippen molar-refractivity contribution in [2.45, 2.75) is 39.7 Å². The first-order chi connectivity index (χ1) is 12.9. The Morgan fingerprint density at radius 3 is 2.81 bits per heavy atom. The first-order valence-corrected chi connectivity index (χ1v) is 9.71. The lowest BCUT2D eigenvalue weighted by molar-refractivity contribution is -0.127. The van der Waals surface area contributed by atoms with E-state index in [0.29, 0.717) is 18.0 Å². The fraction of sp³-hybridized carbons (Fsp3) is 0.500. The summed E-state index contributed by atoms with van der Waals surface area (Å²) >= 11 is 0. The Kier molecular flexibility index (Phi) is 6.32. The number of amides is 1. The zero-order valence-corrected chi connectivity index (χ0v) is 16.4. The van der Waals surface area contributed by atoms with Crippen LogP contribution in [0.1, 0.15) is 43.1 Å². The van der Waals surface area contributed by atoms with Gasteiger partial charge in [0.15, 0.2) is 0 Å². The number of rotatable bonds is 6. The van der Waals surface area contributed by atoms with Crippen LogP contribution in [-0.4, -0.2) is 30.4 Å². The van der Waals surface area contributed by atoms with Gasteiger partial charge in [0.2, 0.25) is 5.91 Å². The van der Waals surface area contributed by atoms with E-state index in [1.165, 1.54) is 6.07 Å². The number of furan rings is 1. The summed E-state index contributed by atoms with van der Waals surface area (Å²) in [4.78, 5) is 15.2. The van der Waals surface area contributed by atoms with Gasteiger partial charge in [-0.15, -0.1) is 0 Å². The molecule has 1 aliphatic rings. The molecule has 2 atom stereocenters. The number of hydrogen-bond acceptors (Lipinski definition) is 3. The average Bonchev–Trinajstić information content (AvgIpc) is 3.14. The van der Waals surface area contributed by atoms with E-state index in [-0.39, 0.29) is 23.6 Å². The van der Waals surface area contributed by atoms with Gasteiger partial charge < -0.3 is 14.6 Å². The monoisotopic (exact) mass is 372 g/mol. The average molecular weight is 372 g/mol. The summed E-state index contributed by atoms with van der Waals surface area (Å²) in [5.74, 6) is 1.32. The van der Waals surface area contributed by atoms with Gasteiger partial charge in [-0.25, -0.2) is 4.39 Å². The van der Waals surface area contributed by atoms with Crippen LogP contribution in [0.5, 0.6) is 0 Å². The Morgan fingerprint density at radius 1 is 1.33 bits per heavy atom. The molecule has 27 heavy (non-hydrogen) atoms. The number of nitrogens with zero attached hydrogens (tertiary/aromatic N) is 1. The summed E-state index contributed by atoms with van der Waals surface area (Å²) in [5.41, 5.74) is 1.78. The lowest BCUT2D eigenvalue weighted by Gasteiger charge is -2.38. The number of benzene rings is 1. The molecular formula is C22H29FN2O2. The molecule has 5 heteroatoms. The van der Waals surface area contributed by atoms with Crippen LogP contribution in [0.15, 0.2) is 41.0 Å². The van der Waals surface area contributed by atoms with Gasteiger partial charge in [-0.05, 0) is 54.5 Å². The Labute approximate surface area is 160 Å². The molecule has 146 valence electrons. The highest BCUT2D eigenvalue weighted by molar-refractivity contribution is 5.79. The predicted molar refractivity (Wildman–Crippen MR) is 104 cm³/mol. The highest BCUT2D eigenvalue weighted by atomic mass is 19.1. The number of nitrogens with one attached hydrogen (secondary N) is 1. The smallest absolute Gasteiger partial charge is 0.224 e. The molecule has 4 nitrogen and oxygen atoms in total.